The Bertz CT molecular complexity index is 407. The molecule has 1 aromatic rings. The summed E-state index contributed by atoms with van der Waals surface area (Å²) in [5.74, 6) is 0.192. The summed E-state index contributed by atoms with van der Waals surface area (Å²) in [5.41, 5.74) is 1.99. The van der Waals surface area contributed by atoms with Crippen LogP contribution in [0, 0.1) is 0 Å². The van der Waals surface area contributed by atoms with Crippen LogP contribution in [0.4, 0.5) is 8.78 Å². The van der Waals surface area contributed by atoms with E-state index in [1.807, 2.05) is 13.0 Å². The largest absolute Gasteiger partial charge is 0.435 e. The molecule has 0 amide bonds. The highest BCUT2D eigenvalue weighted by atomic mass is 19.3. The molecule has 0 saturated carbocycles. The number of ether oxygens (including phenoxy) is 1. The second-order valence-corrected chi connectivity index (χ2v) is 4.62. The van der Waals surface area contributed by atoms with E-state index in [9.17, 15) is 8.78 Å². The molecule has 1 aromatic carbocycles. The Morgan fingerprint density at radius 2 is 2.16 bits per heavy atom. The minimum Gasteiger partial charge on any atom is -0.435 e. The van der Waals surface area contributed by atoms with Crippen molar-refractivity contribution in [3.63, 3.8) is 0 Å². The monoisotopic (exact) mass is 269 g/mol. The molecule has 0 fully saturated rings. The standard InChI is InChI=1S/C15H21F2NO/c1-4-8-18-14(9-11(2)3)12-6-5-7-13(10-12)19-15(16)17/h5-7,10,14-15,18H,2,4,8-9H2,1,3H3. The highest BCUT2D eigenvalue weighted by molar-refractivity contribution is 5.31. The maximum absolute atomic E-state index is 12.2. The van der Waals surface area contributed by atoms with Crippen molar-refractivity contribution in [2.45, 2.75) is 39.3 Å². The lowest BCUT2D eigenvalue weighted by atomic mass is 10.00. The van der Waals surface area contributed by atoms with Gasteiger partial charge in [-0.2, -0.15) is 8.78 Å². The highest BCUT2D eigenvalue weighted by Gasteiger charge is 2.12. The molecule has 2 nitrogen and oxygen atoms in total. The van der Waals surface area contributed by atoms with Crippen LogP contribution in [0.1, 0.15) is 38.3 Å². The average molecular weight is 269 g/mol. The number of nitrogens with one attached hydrogen (secondary N) is 1. The summed E-state index contributed by atoms with van der Waals surface area (Å²) in [6.45, 7) is 6.03. The Kier molecular flexibility index (Phi) is 6.50. The first-order valence-corrected chi connectivity index (χ1v) is 6.45. The third-order valence-electron chi connectivity index (χ3n) is 2.68. The van der Waals surface area contributed by atoms with Crippen LogP contribution in [-0.4, -0.2) is 13.2 Å². The van der Waals surface area contributed by atoms with Crippen LogP contribution in [0.25, 0.3) is 0 Å². The Morgan fingerprint density at radius 3 is 2.74 bits per heavy atom. The zero-order chi connectivity index (χ0) is 14.3. The molecule has 0 aliphatic carbocycles. The van der Waals surface area contributed by atoms with Crippen molar-refractivity contribution >= 4 is 0 Å². The van der Waals surface area contributed by atoms with Gasteiger partial charge in [0, 0.05) is 6.04 Å². The summed E-state index contributed by atoms with van der Waals surface area (Å²) < 4.78 is 28.9. The van der Waals surface area contributed by atoms with Gasteiger partial charge in [0.05, 0.1) is 0 Å². The molecule has 1 unspecified atom stereocenters. The predicted octanol–water partition coefficient (Wildman–Crippen LogP) is 4.29. The van der Waals surface area contributed by atoms with E-state index in [4.69, 9.17) is 0 Å². The predicted molar refractivity (Wildman–Crippen MR) is 73.5 cm³/mol. The molecule has 0 bridgehead atoms. The van der Waals surface area contributed by atoms with Gasteiger partial charge in [-0.25, -0.2) is 0 Å². The van der Waals surface area contributed by atoms with Crippen molar-refractivity contribution in [2.24, 2.45) is 0 Å². The van der Waals surface area contributed by atoms with Gasteiger partial charge < -0.3 is 10.1 Å². The van der Waals surface area contributed by atoms with Gasteiger partial charge in [-0.1, -0.05) is 24.6 Å². The Morgan fingerprint density at radius 1 is 1.42 bits per heavy atom. The zero-order valence-corrected chi connectivity index (χ0v) is 11.5. The first-order chi connectivity index (χ1) is 9.02. The molecule has 0 aliphatic heterocycles. The van der Waals surface area contributed by atoms with Crippen LogP contribution < -0.4 is 10.1 Å². The summed E-state index contributed by atoms with van der Waals surface area (Å²) in [5, 5.41) is 3.39. The molecule has 0 aromatic heterocycles. The first-order valence-electron chi connectivity index (χ1n) is 6.45. The molecule has 4 heteroatoms. The third kappa shape index (κ3) is 5.83. The summed E-state index contributed by atoms with van der Waals surface area (Å²) in [6, 6.07) is 6.91. The number of alkyl halides is 2. The molecule has 0 saturated heterocycles. The van der Waals surface area contributed by atoms with Gasteiger partial charge in [-0.15, -0.1) is 6.58 Å². The SMILES string of the molecule is C=C(C)CC(NCCC)c1cccc(OC(F)F)c1. The smallest absolute Gasteiger partial charge is 0.387 e. The summed E-state index contributed by atoms with van der Waals surface area (Å²) in [7, 11) is 0. The van der Waals surface area contributed by atoms with Crippen LogP contribution in [0.3, 0.4) is 0 Å². The van der Waals surface area contributed by atoms with Gasteiger partial charge in [0.25, 0.3) is 0 Å². The molecule has 0 spiro atoms. The van der Waals surface area contributed by atoms with E-state index in [-0.39, 0.29) is 11.8 Å². The lowest BCUT2D eigenvalue weighted by Crippen LogP contribution is -2.22. The van der Waals surface area contributed by atoms with Crippen LogP contribution in [0.15, 0.2) is 36.4 Å². The van der Waals surface area contributed by atoms with E-state index in [0.717, 1.165) is 30.5 Å². The third-order valence-corrected chi connectivity index (χ3v) is 2.68. The van der Waals surface area contributed by atoms with Crippen LogP contribution in [-0.2, 0) is 0 Å². The fourth-order valence-corrected chi connectivity index (χ4v) is 1.88. The molecule has 1 N–H and O–H groups in total. The lowest BCUT2D eigenvalue weighted by molar-refractivity contribution is -0.0499. The van der Waals surface area contributed by atoms with E-state index >= 15 is 0 Å². The molecule has 1 atom stereocenters. The molecular formula is C15H21F2NO. The normalized spacial score (nSPS) is 12.5. The summed E-state index contributed by atoms with van der Waals surface area (Å²) >= 11 is 0. The molecule has 0 radical (unpaired) electrons. The van der Waals surface area contributed by atoms with Crippen LogP contribution in [0.2, 0.25) is 0 Å². The van der Waals surface area contributed by atoms with Gasteiger partial charge in [0.1, 0.15) is 5.75 Å². The number of hydrogen-bond donors (Lipinski definition) is 1. The summed E-state index contributed by atoms with van der Waals surface area (Å²) in [6.07, 6.45) is 1.79. The fraction of sp³-hybridized carbons (Fsp3) is 0.467. The van der Waals surface area contributed by atoms with Gasteiger partial charge >= 0.3 is 6.61 Å². The van der Waals surface area contributed by atoms with Crippen LogP contribution >= 0.6 is 0 Å². The van der Waals surface area contributed by atoms with Gasteiger partial charge in [0.15, 0.2) is 0 Å². The Hall–Kier alpha value is -1.42. The Labute approximate surface area is 113 Å². The number of benzene rings is 1. The van der Waals surface area contributed by atoms with E-state index in [0.29, 0.717) is 0 Å². The van der Waals surface area contributed by atoms with Crippen molar-refractivity contribution in [3.05, 3.63) is 42.0 Å². The highest BCUT2D eigenvalue weighted by Crippen LogP contribution is 2.25. The molecule has 1 rings (SSSR count). The molecular weight excluding hydrogens is 248 g/mol. The molecule has 0 aliphatic rings. The quantitative estimate of drug-likeness (QED) is 0.711. The van der Waals surface area contributed by atoms with Gasteiger partial charge in [0.2, 0.25) is 0 Å². The number of halogens is 2. The molecule has 106 valence electrons. The first kappa shape index (κ1) is 15.6. The zero-order valence-electron chi connectivity index (χ0n) is 11.5. The van der Waals surface area contributed by atoms with Crippen molar-refractivity contribution < 1.29 is 13.5 Å². The van der Waals surface area contributed by atoms with Gasteiger partial charge in [-0.3, -0.25) is 0 Å². The number of hydrogen-bond acceptors (Lipinski definition) is 2. The topological polar surface area (TPSA) is 21.3 Å². The van der Waals surface area contributed by atoms with E-state index < -0.39 is 6.61 Å². The van der Waals surface area contributed by atoms with Gasteiger partial charge in [-0.05, 0) is 44.0 Å². The average Bonchev–Trinajstić information content (AvgIpc) is 2.33. The van der Waals surface area contributed by atoms with E-state index in [2.05, 4.69) is 23.6 Å². The van der Waals surface area contributed by atoms with E-state index in [1.165, 1.54) is 6.07 Å². The second-order valence-electron chi connectivity index (χ2n) is 4.62. The van der Waals surface area contributed by atoms with E-state index in [1.54, 1.807) is 12.1 Å². The maximum atomic E-state index is 12.2. The lowest BCUT2D eigenvalue weighted by Gasteiger charge is -2.20. The van der Waals surface area contributed by atoms with Crippen molar-refractivity contribution in [1.82, 2.24) is 5.32 Å². The summed E-state index contributed by atoms with van der Waals surface area (Å²) in [4.78, 5) is 0. The minimum absolute atomic E-state index is 0.0821. The van der Waals surface area contributed by atoms with Crippen molar-refractivity contribution in [2.75, 3.05) is 6.54 Å². The number of rotatable bonds is 8. The molecule has 0 heterocycles. The Balaban J connectivity index is 2.84. The molecule has 19 heavy (non-hydrogen) atoms. The minimum atomic E-state index is -2.79. The maximum Gasteiger partial charge on any atom is 0.387 e. The fourth-order valence-electron chi connectivity index (χ4n) is 1.88. The van der Waals surface area contributed by atoms with Crippen LogP contribution in [0.5, 0.6) is 5.75 Å². The van der Waals surface area contributed by atoms with Crippen molar-refractivity contribution in [1.29, 1.82) is 0 Å². The van der Waals surface area contributed by atoms with Crippen molar-refractivity contribution in [3.8, 4) is 5.75 Å². The second kappa shape index (κ2) is 7.89.